The van der Waals surface area contributed by atoms with Gasteiger partial charge >= 0.3 is 0 Å². The standard InChI is InChI=1S/C17H32N2O/c1-5-7-10-14-17(20)19(16(6-2)18-14)15-11-8-9-12(3)13(15)4/h12-16,18H,5-11H2,1-4H3. The lowest BCUT2D eigenvalue weighted by Crippen LogP contribution is -2.50. The van der Waals surface area contributed by atoms with Gasteiger partial charge in [0.2, 0.25) is 5.91 Å². The first-order valence-corrected chi connectivity index (χ1v) is 8.68. The average molecular weight is 280 g/mol. The lowest BCUT2D eigenvalue weighted by atomic mass is 9.77. The van der Waals surface area contributed by atoms with Crippen molar-refractivity contribution in [3.8, 4) is 0 Å². The van der Waals surface area contributed by atoms with Crippen LogP contribution in [-0.2, 0) is 4.79 Å². The molecule has 1 amide bonds. The molecule has 2 rings (SSSR count). The molecule has 1 saturated heterocycles. The fourth-order valence-corrected chi connectivity index (χ4v) is 3.99. The van der Waals surface area contributed by atoms with Crippen LogP contribution in [0.2, 0.25) is 0 Å². The predicted molar refractivity (Wildman–Crippen MR) is 83.3 cm³/mol. The van der Waals surface area contributed by atoms with E-state index < -0.39 is 0 Å². The Kier molecular flexibility index (Phi) is 5.48. The van der Waals surface area contributed by atoms with Crippen LogP contribution >= 0.6 is 0 Å². The highest BCUT2D eigenvalue weighted by atomic mass is 16.2. The summed E-state index contributed by atoms with van der Waals surface area (Å²) >= 11 is 0. The van der Waals surface area contributed by atoms with Crippen LogP contribution in [0, 0.1) is 11.8 Å². The van der Waals surface area contributed by atoms with Crippen LogP contribution in [0.1, 0.15) is 72.6 Å². The van der Waals surface area contributed by atoms with E-state index in [-0.39, 0.29) is 12.2 Å². The summed E-state index contributed by atoms with van der Waals surface area (Å²) < 4.78 is 0. The van der Waals surface area contributed by atoms with Gasteiger partial charge in [0.25, 0.3) is 0 Å². The van der Waals surface area contributed by atoms with Gasteiger partial charge in [-0.05, 0) is 31.1 Å². The topological polar surface area (TPSA) is 32.3 Å². The molecular formula is C17H32N2O. The fourth-order valence-electron chi connectivity index (χ4n) is 3.99. The predicted octanol–water partition coefficient (Wildman–Crippen LogP) is 3.54. The molecule has 0 radical (unpaired) electrons. The largest absolute Gasteiger partial charge is 0.323 e. The van der Waals surface area contributed by atoms with Crippen molar-refractivity contribution in [2.24, 2.45) is 11.8 Å². The second-order valence-corrected chi connectivity index (χ2v) is 6.87. The molecule has 20 heavy (non-hydrogen) atoms. The van der Waals surface area contributed by atoms with E-state index in [0.29, 0.717) is 17.9 Å². The van der Waals surface area contributed by atoms with Crippen LogP contribution in [0.15, 0.2) is 0 Å². The number of hydrogen-bond acceptors (Lipinski definition) is 2. The molecule has 3 nitrogen and oxygen atoms in total. The minimum atomic E-state index is 0.0735. The summed E-state index contributed by atoms with van der Waals surface area (Å²) in [5.74, 6) is 1.75. The number of hydrogen-bond donors (Lipinski definition) is 1. The number of nitrogens with one attached hydrogen (secondary N) is 1. The minimum absolute atomic E-state index is 0.0735. The van der Waals surface area contributed by atoms with Crippen molar-refractivity contribution in [1.29, 1.82) is 0 Å². The Hall–Kier alpha value is -0.570. The highest BCUT2D eigenvalue weighted by molar-refractivity contribution is 5.84. The highest BCUT2D eigenvalue weighted by Gasteiger charge is 2.44. The quantitative estimate of drug-likeness (QED) is 0.835. The van der Waals surface area contributed by atoms with Gasteiger partial charge in [-0.1, -0.05) is 53.4 Å². The van der Waals surface area contributed by atoms with Crippen LogP contribution in [-0.4, -0.2) is 29.1 Å². The van der Waals surface area contributed by atoms with Crippen molar-refractivity contribution < 1.29 is 4.79 Å². The normalized spacial score (nSPS) is 38.5. The number of carbonyl (C=O) groups is 1. The van der Waals surface area contributed by atoms with Crippen LogP contribution in [0.3, 0.4) is 0 Å². The molecule has 1 aliphatic heterocycles. The van der Waals surface area contributed by atoms with E-state index in [9.17, 15) is 4.79 Å². The molecule has 0 aromatic heterocycles. The molecular weight excluding hydrogens is 248 g/mol. The van der Waals surface area contributed by atoms with Gasteiger partial charge in [-0.3, -0.25) is 10.1 Å². The maximum absolute atomic E-state index is 12.8. The van der Waals surface area contributed by atoms with Gasteiger partial charge < -0.3 is 4.90 Å². The fraction of sp³-hybridized carbons (Fsp3) is 0.941. The first-order chi connectivity index (χ1) is 9.60. The first-order valence-electron chi connectivity index (χ1n) is 8.68. The summed E-state index contributed by atoms with van der Waals surface area (Å²) in [4.78, 5) is 15.0. The summed E-state index contributed by atoms with van der Waals surface area (Å²) in [5, 5.41) is 3.58. The summed E-state index contributed by atoms with van der Waals surface area (Å²) in [6.45, 7) is 9.07. The van der Waals surface area contributed by atoms with E-state index in [4.69, 9.17) is 0 Å². The maximum Gasteiger partial charge on any atom is 0.241 e. The van der Waals surface area contributed by atoms with Gasteiger partial charge in [-0.15, -0.1) is 0 Å². The SMILES string of the molecule is CCCCC1NC(CC)N(C2CCCC(C)C2C)C1=O. The minimum Gasteiger partial charge on any atom is -0.323 e. The van der Waals surface area contributed by atoms with E-state index in [2.05, 4.69) is 37.9 Å². The Balaban J connectivity index is 2.09. The van der Waals surface area contributed by atoms with E-state index >= 15 is 0 Å². The average Bonchev–Trinajstić information content (AvgIpc) is 2.76. The third kappa shape index (κ3) is 3.03. The number of rotatable bonds is 5. The number of carbonyl (C=O) groups excluding carboxylic acids is 1. The lowest BCUT2D eigenvalue weighted by molar-refractivity contribution is -0.134. The van der Waals surface area contributed by atoms with E-state index in [1.54, 1.807) is 0 Å². The second kappa shape index (κ2) is 6.93. The molecule has 3 heteroatoms. The molecule has 1 N–H and O–H groups in total. The molecule has 0 aromatic rings. The molecule has 5 atom stereocenters. The second-order valence-electron chi connectivity index (χ2n) is 6.87. The van der Waals surface area contributed by atoms with Gasteiger partial charge in [0.1, 0.15) is 0 Å². The monoisotopic (exact) mass is 280 g/mol. The van der Waals surface area contributed by atoms with Crippen molar-refractivity contribution in [2.45, 2.75) is 90.9 Å². The molecule has 2 fully saturated rings. The molecule has 116 valence electrons. The van der Waals surface area contributed by atoms with E-state index in [0.717, 1.165) is 25.2 Å². The summed E-state index contributed by atoms with van der Waals surface area (Å²) in [5.41, 5.74) is 0. The van der Waals surface area contributed by atoms with Crippen LogP contribution < -0.4 is 5.32 Å². The first kappa shape index (κ1) is 15.8. The summed E-state index contributed by atoms with van der Waals surface area (Å²) in [6, 6.07) is 0.527. The van der Waals surface area contributed by atoms with Crippen molar-refractivity contribution in [1.82, 2.24) is 10.2 Å². The van der Waals surface area contributed by atoms with Gasteiger partial charge in [-0.2, -0.15) is 0 Å². The molecule has 0 spiro atoms. The van der Waals surface area contributed by atoms with Crippen molar-refractivity contribution in [3.63, 3.8) is 0 Å². The van der Waals surface area contributed by atoms with Gasteiger partial charge in [0.15, 0.2) is 0 Å². The van der Waals surface area contributed by atoms with Crippen LogP contribution in [0.5, 0.6) is 0 Å². The number of unbranched alkanes of at least 4 members (excludes halogenated alkanes) is 1. The molecule has 2 aliphatic rings. The lowest BCUT2D eigenvalue weighted by Gasteiger charge is -2.42. The van der Waals surface area contributed by atoms with Crippen molar-refractivity contribution in [3.05, 3.63) is 0 Å². The Morgan fingerprint density at radius 3 is 2.65 bits per heavy atom. The van der Waals surface area contributed by atoms with E-state index in [1.165, 1.54) is 25.7 Å². The summed E-state index contributed by atoms with van der Waals surface area (Å²) in [7, 11) is 0. The Bertz CT molecular complexity index is 331. The number of nitrogens with zero attached hydrogens (tertiary/aromatic N) is 1. The third-order valence-electron chi connectivity index (χ3n) is 5.54. The van der Waals surface area contributed by atoms with Crippen molar-refractivity contribution in [2.75, 3.05) is 0 Å². The van der Waals surface area contributed by atoms with Crippen LogP contribution in [0.4, 0.5) is 0 Å². The molecule has 0 bridgehead atoms. The molecule has 1 saturated carbocycles. The Morgan fingerprint density at radius 1 is 1.25 bits per heavy atom. The Labute approximate surface area is 124 Å². The summed E-state index contributed by atoms with van der Waals surface area (Å²) in [6.07, 6.45) is 8.38. The highest BCUT2D eigenvalue weighted by Crippen LogP contribution is 2.35. The van der Waals surface area contributed by atoms with E-state index in [1.807, 2.05) is 0 Å². The third-order valence-corrected chi connectivity index (χ3v) is 5.54. The van der Waals surface area contributed by atoms with Crippen LogP contribution in [0.25, 0.3) is 0 Å². The van der Waals surface area contributed by atoms with Gasteiger partial charge in [0, 0.05) is 6.04 Å². The molecule has 1 aliphatic carbocycles. The zero-order valence-corrected chi connectivity index (χ0v) is 13.7. The number of amides is 1. The van der Waals surface area contributed by atoms with Gasteiger partial charge in [-0.25, -0.2) is 0 Å². The molecule has 1 heterocycles. The molecule has 5 unspecified atom stereocenters. The zero-order chi connectivity index (χ0) is 14.7. The molecule has 0 aromatic carbocycles. The maximum atomic E-state index is 12.8. The zero-order valence-electron chi connectivity index (χ0n) is 13.7. The van der Waals surface area contributed by atoms with Gasteiger partial charge in [0.05, 0.1) is 12.2 Å². The smallest absolute Gasteiger partial charge is 0.241 e. The Morgan fingerprint density at radius 2 is 2.00 bits per heavy atom. The van der Waals surface area contributed by atoms with Crippen molar-refractivity contribution >= 4 is 5.91 Å².